The lowest BCUT2D eigenvalue weighted by Gasteiger charge is -2.17. The quantitative estimate of drug-likeness (QED) is 0.785. The number of aromatic nitrogens is 2. The van der Waals surface area contributed by atoms with Gasteiger partial charge in [-0.3, -0.25) is 0 Å². The van der Waals surface area contributed by atoms with Crippen LogP contribution in [0.4, 0.5) is 10.5 Å². The molecule has 29 heavy (non-hydrogen) atoms. The van der Waals surface area contributed by atoms with Crippen LogP contribution < -0.4 is 15.2 Å². The number of carbonyl (C=O) groups is 1. The van der Waals surface area contributed by atoms with E-state index in [0.29, 0.717) is 24.9 Å². The summed E-state index contributed by atoms with van der Waals surface area (Å²) in [6, 6.07) is 1.63. The Balaban J connectivity index is 1.50. The third kappa shape index (κ3) is 3.12. The zero-order valence-electron chi connectivity index (χ0n) is 16.4. The number of carbonyl (C=O) groups excluding carboxylic acids is 1. The van der Waals surface area contributed by atoms with E-state index in [1.807, 2.05) is 0 Å². The van der Waals surface area contributed by atoms with Crippen LogP contribution in [0.3, 0.4) is 0 Å². The first-order valence-corrected chi connectivity index (χ1v) is 11.7. The average molecular weight is 416 g/mol. The summed E-state index contributed by atoms with van der Waals surface area (Å²) in [4.78, 5) is 12.9. The normalized spacial score (nSPS) is 21.5. The molecule has 2 aromatic rings. The summed E-state index contributed by atoms with van der Waals surface area (Å²) >= 11 is 0. The SMILES string of the molecule is C[C@@H]1CCc2c1cc1c(c2NC(=O)N=[S@](N)(=O)c2cnn3c2OCCC3)CCC1. The van der Waals surface area contributed by atoms with Gasteiger partial charge < -0.3 is 10.1 Å². The maximum absolute atomic E-state index is 13.1. The van der Waals surface area contributed by atoms with E-state index in [1.165, 1.54) is 28.5 Å². The maximum atomic E-state index is 13.1. The number of aryl methyl sites for hydroxylation is 2. The van der Waals surface area contributed by atoms with Gasteiger partial charge in [0.2, 0.25) is 5.88 Å². The molecule has 3 N–H and O–H groups in total. The van der Waals surface area contributed by atoms with E-state index in [1.54, 1.807) is 4.68 Å². The van der Waals surface area contributed by atoms with E-state index in [4.69, 9.17) is 9.88 Å². The van der Waals surface area contributed by atoms with Gasteiger partial charge in [-0.2, -0.15) is 5.10 Å². The second-order valence-corrected chi connectivity index (χ2v) is 9.84. The molecule has 9 heteroatoms. The number of urea groups is 1. The Kier molecular flexibility index (Phi) is 4.40. The van der Waals surface area contributed by atoms with Crippen molar-refractivity contribution in [3.8, 4) is 5.88 Å². The van der Waals surface area contributed by atoms with Crippen LogP contribution in [-0.4, -0.2) is 26.6 Å². The summed E-state index contributed by atoms with van der Waals surface area (Å²) in [5, 5.41) is 13.1. The molecule has 0 unspecified atom stereocenters. The number of benzene rings is 1. The van der Waals surface area contributed by atoms with Gasteiger partial charge in [0, 0.05) is 18.7 Å². The van der Waals surface area contributed by atoms with Crippen LogP contribution in [0.1, 0.15) is 54.4 Å². The molecule has 8 nitrogen and oxygen atoms in total. The second-order valence-electron chi connectivity index (χ2n) is 8.08. The summed E-state index contributed by atoms with van der Waals surface area (Å²) in [5.74, 6) is 0.828. The highest BCUT2D eigenvalue weighted by atomic mass is 32.2. The van der Waals surface area contributed by atoms with Crippen molar-refractivity contribution in [2.75, 3.05) is 11.9 Å². The molecule has 2 heterocycles. The van der Waals surface area contributed by atoms with Crippen LogP contribution in [0.2, 0.25) is 0 Å². The van der Waals surface area contributed by atoms with Crippen LogP contribution in [0, 0.1) is 0 Å². The first-order chi connectivity index (χ1) is 13.9. The highest BCUT2D eigenvalue weighted by Crippen LogP contribution is 2.43. The number of hydrogen-bond donors (Lipinski definition) is 2. The predicted molar refractivity (Wildman–Crippen MR) is 110 cm³/mol. The van der Waals surface area contributed by atoms with Crippen molar-refractivity contribution in [1.29, 1.82) is 0 Å². The standard InChI is InChI=1S/C20H25N5O3S/c1-12-6-7-15-16(12)10-13-4-2-5-14(13)18(15)23-20(26)24-29(21,27)17-11-22-25-8-3-9-28-19(17)25/h10-12H,2-9H2,1H3,(H3,21,23,24,26,27)/t12-,29+/m1/s1. The van der Waals surface area contributed by atoms with E-state index in [-0.39, 0.29) is 4.90 Å². The molecule has 2 atom stereocenters. The van der Waals surface area contributed by atoms with E-state index < -0.39 is 15.9 Å². The number of nitrogens with two attached hydrogens (primary N) is 1. The molecule has 1 aromatic carbocycles. The zero-order valence-corrected chi connectivity index (χ0v) is 17.3. The Morgan fingerprint density at radius 1 is 1.34 bits per heavy atom. The molecule has 1 aliphatic heterocycles. The molecule has 0 bridgehead atoms. The number of amides is 2. The van der Waals surface area contributed by atoms with Crippen LogP contribution >= 0.6 is 0 Å². The first-order valence-electron chi connectivity index (χ1n) is 10.2. The number of nitrogens with zero attached hydrogens (tertiary/aromatic N) is 3. The molecular weight excluding hydrogens is 390 g/mol. The molecule has 2 amide bonds. The fourth-order valence-electron chi connectivity index (χ4n) is 4.74. The number of hydrogen-bond acceptors (Lipinski definition) is 4. The van der Waals surface area contributed by atoms with E-state index in [0.717, 1.165) is 44.2 Å². The van der Waals surface area contributed by atoms with Gasteiger partial charge in [-0.25, -0.2) is 18.8 Å². The van der Waals surface area contributed by atoms with Crippen LogP contribution in [0.25, 0.3) is 0 Å². The minimum Gasteiger partial charge on any atom is -0.477 e. The monoisotopic (exact) mass is 415 g/mol. The Morgan fingerprint density at radius 3 is 3.07 bits per heavy atom. The van der Waals surface area contributed by atoms with Crippen molar-refractivity contribution in [3.05, 3.63) is 34.5 Å². The number of nitrogens with one attached hydrogen (secondary N) is 1. The largest absolute Gasteiger partial charge is 0.477 e. The predicted octanol–water partition coefficient (Wildman–Crippen LogP) is 3.14. The Labute approximate surface area is 170 Å². The summed E-state index contributed by atoms with van der Waals surface area (Å²) in [6.07, 6.45) is 7.27. The molecule has 0 saturated carbocycles. The molecule has 0 fully saturated rings. The molecule has 1 aromatic heterocycles. The van der Waals surface area contributed by atoms with Crippen molar-refractivity contribution >= 4 is 21.6 Å². The maximum Gasteiger partial charge on any atom is 0.354 e. The first kappa shape index (κ1) is 18.6. The second kappa shape index (κ2) is 6.84. The number of ether oxygens (including phenoxy) is 1. The third-order valence-electron chi connectivity index (χ3n) is 6.18. The summed E-state index contributed by atoms with van der Waals surface area (Å²) in [7, 11) is -3.46. The van der Waals surface area contributed by atoms with Crippen molar-refractivity contribution < 1.29 is 13.7 Å². The van der Waals surface area contributed by atoms with E-state index >= 15 is 0 Å². The van der Waals surface area contributed by atoms with E-state index in [9.17, 15) is 9.00 Å². The van der Waals surface area contributed by atoms with Crippen molar-refractivity contribution in [1.82, 2.24) is 9.78 Å². The number of rotatable bonds is 2. The van der Waals surface area contributed by atoms with Gasteiger partial charge in [-0.15, -0.1) is 4.36 Å². The fraction of sp³-hybridized carbons (Fsp3) is 0.500. The van der Waals surface area contributed by atoms with Gasteiger partial charge in [0.25, 0.3) is 0 Å². The molecule has 2 aliphatic carbocycles. The summed E-state index contributed by atoms with van der Waals surface area (Å²) < 4.78 is 24.1. The van der Waals surface area contributed by atoms with Crippen molar-refractivity contribution in [2.45, 2.75) is 62.8 Å². The molecule has 0 spiro atoms. The van der Waals surface area contributed by atoms with E-state index in [2.05, 4.69) is 27.8 Å². The lowest BCUT2D eigenvalue weighted by Crippen LogP contribution is -2.21. The molecular formula is C20H25N5O3S. The third-order valence-corrected chi connectivity index (χ3v) is 7.53. The van der Waals surface area contributed by atoms with Gasteiger partial charge >= 0.3 is 6.03 Å². The van der Waals surface area contributed by atoms with Gasteiger partial charge in [0.05, 0.1) is 12.8 Å². The minimum absolute atomic E-state index is 0.171. The highest BCUT2D eigenvalue weighted by molar-refractivity contribution is 7.91. The topological polar surface area (TPSA) is 112 Å². The minimum atomic E-state index is -3.46. The fourth-order valence-corrected chi connectivity index (χ4v) is 5.74. The Morgan fingerprint density at radius 2 is 2.21 bits per heavy atom. The van der Waals surface area contributed by atoms with Gasteiger partial charge in [0.15, 0.2) is 9.92 Å². The molecule has 3 aliphatic rings. The summed E-state index contributed by atoms with van der Waals surface area (Å²) in [6.45, 7) is 3.39. The molecule has 0 radical (unpaired) electrons. The average Bonchev–Trinajstić information content (AvgIpc) is 3.40. The highest BCUT2D eigenvalue weighted by Gasteiger charge is 2.29. The van der Waals surface area contributed by atoms with Crippen LogP contribution in [0.15, 0.2) is 21.5 Å². The molecule has 0 saturated heterocycles. The lowest BCUT2D eigenvalue weighted by molar-refractivity contribution is 0.224. The Hall–Kier alpha value is -2.39. The van der Waals surface area contributed by atoms with Crippen LogP contribution in [-0.2, 0) is 35.7 Å². The molecule has 154 valence electrons. The zero-order chi connectivity index (χ0) is 20.2. The van der Waals surface area contributed by atoms with Gasteiger partial charge in [-0.1, -0.05) is 13.0 Å². The summed E-state index contributed by atoms with van der Waals surface area (Å²) in [5.41, 5.74) is 5.86. The van der Waals surface area contributed by atoms with Crippen LogP contribution in [0.5, 0.6) is 5.88 Å². The Bertz CT molecular complexity index is 1130. The lowest BCUT2D eigenvalue weighted by atomic mass is 9.96. The van der Waals surface area contributed by atoms with Gasteiger partial charge in [0.1, 0.15) is 4.90 Å². The number of fused-ring (bicyclic) bond motifs is 3. The van der Waals surface area contributed by atoms with Gasteiger partial charge in [-0.05, 0) is 60.3 Å². The molecule has 5 rings (SSSR count). The van der Waals surface area contributed by atoms with Crippen molar-refractivity contribution in [2.24, 2.45) is 9.50 Å². The smallest absolute Gasteiger partial charge is 0.354 e. The number of anilines is 1. The van der Waals surface area contributed by atoms with Crippen molar-refractivity contribution in [3.63, 3.8) is 0 Å².